The Bertz CT molecular complexity index is 2460. The number of aromatic nitrogens is 1. The Balaban J connectivity index is 1.13. The van der Waals surface area contributed by atoms with E-state index < -0.39 is 12.3 Å². The van der Waals surface area contributed by atoms with E-state index in [2.05, 4.69) is 23.1 Å². The molecule has 6 aromatic rings. The molecule has 1 unspecified atom stereocenters. The van der Waals surface area contributed by atoms with Gasteiger partial charge in [0.15, 0.2) is 0 Å². The molecule has 3 aliphatic heterocycles. The van der Waals surface area contributed by atoms with Crippen LogP contribution in [0.1, 0.15) is 49.1 Å². The fraction of sp³-hybridized carbons (Fsp3) is 0.239. The number of carbonyl (C=O) groups excluding carboxylic acids is 2. The Morgan fingerprint density at radius 1 is 0.737 bits per heavy atom. The minimum absolute atomic E-state index is 0.0454. The first-order valence-corrected chi connectivity index (χ1v) is 19.4. The average Bonchev–Trinajstić information content (AvgIpc) is 3.63. The predicted molar refractivity (Wildman–Crippen MR) is 217 cm³/mol. The molecule has 57 heavy (non-hydrogen) atoms. The molecule has 1 saturated heterocycles. The average molecular weight is 762 g/mol. The van der Waals surface area contributed by atoms with Gasteiger partial charge < -0.3 is 24.4 Å². The van der Waals surface area contributed by atoms with E-state index in [4.69, 9.17) is 4.74 Å². The minimum Gasteiger partial charge on any atom is -0.508 e. The van der Waals surface area contributed by atoms with Crippen molar-refractivity contribution in [2.75, 3.05) is 44.3 Å². The van der Waals surface area contributed by atoms with Gasteiger partial charge in [-0.2, -0.15) is 0 Å². The number of carbonyl (C=O) groups is 3. The van der Waals surface area contributed by atoms with Crippen LogP contribution in [0.2, 0.25) is 0 Å². The summed E-state index contributed by atoms with van der Waals surface area (Å²) in [6.45, 7) is 4.44. The number of hydrogen-bond donors (Lipinski definition) is 2. The molecule has 5 aromatic carbocycles. The highest BCUT2D eigenvalue weighted by molar-refractivity contribution is 6.17. The monoisotopic (exact) mass is 761 g/mol. The quantitative estimate of drug-likeness (QED) is 0.175. The molecule has 4 heterocycles. The second-order valence-electron chi connectivity index (χ2n) is 14.9. The lowest BCUT2D eigenvalue weighted by atomic mass is 9.91. The number of nitrogens with zero attached hydrogens (tertiary/aromatic N) is 5. The summed E-state index contributed by atoms with van der Waals surface area (Å²) in [6.07, 6.45) is 1.03. The second-order valence-corrected chi connectivity index (χ2v) is 14.9. The normalized spacial score (nSPS) is 18.2. The largest absolute Gasteiger partial charge is 0.508 e. The topological polar surface area (TPSA) is 119 Å². The van der Waals surface area contributed by atoms with E-state index in [-0.39, 0.29) is 30.2 Å². The zero-order valence-corrected chi connectivity index (χ0v) is 31.4. The van der Waals surface area contributed by atoms with Gasteiger partial charge in [0.1, 0.15) is 11.9 Å². The van der Waals surface area contributed by atoms with E-state index in [1.807, 2.05) is 88.3 Å². The lowest BCUT2D eigenvalue weighted by Crippen LogP contribution is -2.52. The molecule has 3 amide bonds. The van der Waals surface area contributed by atoms with Crippen molar-refractivity contribution in [2.24, 2.45) is 0 Å². The number of hydrogen-bond acceptors (Lipinski definition) is 6. The molecule has 3 aliphatic rings. The van der Waals surface area contributed by atoms with Gasteiger partial charge in [-0.3, -0.25) is 24.3 Å². The van der Waals surface area contributed by atoms with Crippen molar-refractivity contribution < 1.29 is 29.3 Å². The maximum Gasteiger partial charge on any atom is 0.409 e. The Morgan fingerprint density at radius 2 is 1.44 bits per heavy atom. The molecule has 2 atom stereocenters. The van der Waals surface area contributed by atoms with Crippen LogP contribution in [0.25, 0.3) is 10.9 Å². The van der Waals surface area contributed by atoms with Crippen molar-refractivity contribution in [3.8, 4) is 5.75 Å². The molecule has 2 N–H and O–H groups in total. The molecule has 11 nitrogen and oxygen atoms in total. The van der Waals surface area contributed by atoms with Crippen molar-refractivity contribution in [1.29, 1.82) is 0 Å². The number of amides is 3. The Morgan fingerprint density at radius 3 is 2.21 bits per heavy atom. The van der Waals surface area contributed by atoms with E-state index in [1.165, 1.54) is 22.6 Å². The Labute approximate surface area is 330 Å². The van der Waals surface area contributed by atoms with Crippen LogP contribution in [-0.2, 0) is 24.1 Å². The number of carboxylic acid groups (broad SMARTS) is 1. The zero-order valence-electron chi connectivity index (χ0n) is 31.4. The Kier molecular flexibility index (Phi) is 9.69. The molecule has 11 heteroatoms. The summed E-state index contributed by atoms with van der Waals surface area (Å²) in [5.41, 5.74) is 6.78. The molecular weight excluding hydrogens is 719 g/mol. The summed E-state index contributed by atoms with van der Waals surface area (Å²) in [5.74, 6) is -0.339. The van der Waals surface area contributed by atoms with E-state index in [1.54, 1.807) is 23.2 Å². The van der Waals surface area contributed by atoms with Crippen molar-refractivity contribution in [3.05, 3.63) is 161 Å². The molecule has 0 saturated carbocycles. The summed E-state index contributed by atoms with van der Waals surface area (Å²) in [4.78, 5) is 50.0. The third-order valence-electron chi connectivity index (χ3n) is 11.6. The van der Waals surface area contributed by atoms with Gasteiger partial charge in [0.05, 0.1) is 24.3 Å². The molecule has 1 fully saturated rings. The molecule has 0 aliphatic carbocycles. The number of anilines is 2. The highest BCUT2D eigenvalue weighted by atomic mass is 16.5. The Hall–Kier alpha value is -6.43. The van der Waals surface area contributed by atoms with Crippen LogP contribution in [-0.4, -0.2) is 92.8 Å². The van der Waals surface area contributed by atoms with Crippen LogP contribution >= 0.6 is 0 Å². The highest BCUT2D eigenvalue weighted by Gasteiger charge is 2.37. The summed E-state index contributed by atoms with van der Waals surface area (Å²) in [6, 6.07) is 37.2. The molecule has 0 radical (unpaired) electrons. The number of rotatable bonds is 7. The lowest BCUT2D eigenvalue weighted by Gasteiger charge is -2.41. The van der Waals surface area contributed by atoms with Gasteiger partial charge in [0, 0.05) is 67.3 Å². The van der Waals surface area contributed by atoms with Crippen molar-refractivity contribution in [3.63, 3.8) is 0 Å². The molecule has 288 valence electrons. The standard InChI is InChI=1S/C46H43N5O6/c52-38-18-16-36(17-19-38)51(35-10-2-1-3-11-35)45(54)41-30-50(42-13-7-6-12-39(41)42)43-40-27-33(15-14-31(40)20-21-48(43)46(55)56)44(53)49-28-34-9-5-4-8-32(34)26-37(49)29-47-22-24-57-25-23-47/h1-19,27,30,37,43,52H,20-26,28-29H2,(H,55,56)/t37-,43?/m0/s1. The van der Waals surface area contributed by atoms with Crippen LogP contribution < -0.4 is 4.90 Å². The predicted octanol–water partition coefficient (Wildman–Crippen LogP) is 7.31. The van der Waals surface area contributed by atoms with Crippen LogP contribution in [0.3, 0.4) is 0 Å². The number of benzene rings is 5. The number of ether oxygens (including phenoxy) is 1. The summed E-state index contributed by atoms with van der Waals surface area (Å²) in [7, 11) is 0. The maximum absolute atomic E-state index is 14.8. The van der Waals surface area contributed by atoms with Crippen LogP contribution in [0, 0.1) is 0 Å². The maximum atomic E-state index is 14.8. The molecule has 9 rings (SSSR count). The van der Waals surface area contributed by atoms with Crippen molar-refractivity contribution >= 4 is 40.2 Å². The van der Waals surface area contributed by atoms with Crippen molar-refractivity contribution in [1.82, 2.24) is 19.3 Å². The van der Waals surface area contributed by atoms with Crippen LogP contribution in [0.15, 0.2) is 128 Å². The summed E-state index contributed by atoms with van der Waals surface area (Å²) < 4.78 is 7.47. The number of fused-ring (bicyclic) bond motifs is 3. The van der Waals surface area contributed by atoms with Gasteiger partial charge in [-0.05, 0) is 89.7 Å². The highest BCUT2D eigenvalue weighted by Crippen LogP contribution is 2.38. The first-order valence-electron chi connectivity index (χ1n) is 19.4. The third kappa shape index (κ3) is 6.89. The second kappa shape index (κ2) is 15.2. The minimum atomic E-state index is -1.10. The van der Waals surface area contributed by atoms with Gasteiger partial charge in [0.2, 0.25) is 0 Å². The summed E-state index contributed by atoms with van der Waals surface area (Å²) >= 11 is 0. The number of phenols is 1. The zero-order chi connectivity index (χ0) is 39.0. The van der Waals surface area contributed by atoms with E-state index >= 15 is 0 Å². The number of morpholine rings is 1. The van der Waals surface area contributed by atoms with Crippen LogP contribution in [0.4, 0.5) is 16.2 Å². The fourth-order valence-electron chi connectivity index (χ4n) is 8.72. The summed E-state index contributed by atoms with van der Waals surface area (Å²) in [5, 5.41) is 21.4. The number of aromatic hydroxyl groups is 1. The fourth-order valence-corrected chi connectivity index (χ4v) is 8.72. The molecule has 0 bridgehead atoms. The van der Waals surface area contributed by atoms with Crippen molar-refractivity contribution in [2.45, 2.75) is 31.6 Å². The number of para-hydroxylation sites is 2. The van der Waals surface area contributed by atoms with Crippen LogP contribution in [0.5, 0.6) is 5.75 Å². The third-order valence-corrected chi connectivity index (χ3v) is 11.6. The smallest absolute Gasteiger partial charge is 0.409 e. The van der Waals surface area contributed by atoms with Gasteiger partial charge in [-0.25, -0.2) is 4.79 Å². The lowest BCUT2D eigenvalue weighted by molar-refractivity contribution is 0.0192. The van der Waals surface area contributed by atoms with Gasteiger partial charge in [0.25, 0.3) is 11.8 Å². The number of phenolic OH excluding ortho intramolecular Hbond substituents is 1. The van der Waals surface area contributed by atoms with Gasteiger partial charge in [-0.1, -0.05) is 66.7 Å². The van der Waals surface area contributed by atoms with E-state index in [0.29, 0.717) is 65.1 Å². The van der Waals surface area contributed by atoms with E-state index in [0.717, 1.165) is 37.2 Å². The van der Waals surface area contributed by atoms with Gasteiger partial charge >= 0.3 is 6.09 Å². The SMILES string of the molecule is O=C(c1cn(C2c3cc(C(=O)N4Cc5ccccc5C[C@H]4CN4CCOCC4)ccc3CCN2C(=O)O)c2ccccc12)N(c1ccccc1)c1ccc(O)cc1. The molecule has 1 aromatic heterocycles. The molecular formula is C46H43N5O6. The van der Waals surface area contributed by atoms with E-state index in [9.17, 15) is 24.6 Å². The van der Waals surface area contributed by atoms with Gasteiger partial charge in [-0.15, -0.1) is 0 Å². The first kappa shape index (κ1) is 36.2. The molecule has 0 spiro atoms. The first-order chi connectivity index (χ1) is 27.8.